The monoisotopic (exact) mass is 368 g/mol. The van der Waals surface area contributed by atoms with Crippen molar-refractivity contribution in [2.24, 2.45) is 16.7 Å². The van der Waals surface area contributed by atoms with E-state index in [2.05, 4.69) is 33.9 Å². The molecule has 2 saturated heterocycles. The van der Waals surface area contributed by atoms with Gasteiger partial charge in [0.15, 0.2) is 8.32 Å². The van der Waals surface area contributed by atoms with E-state index < -0.39 is 13.7 Å². The number of esters is 1. The molecule has 0 aromatic rings. The van der Waals surface area contributed by atoms with E-state index >= 15 is 0 Å². The van der Waals surface area contributed by atoms with Gasteiger partial charge in [0, 0.05) is 12.0 Å². The van der Waals surface area contributed by atoms with Crippen molar-refractivity contribution in [2.45, 2.75) is 76.5 Å². The van der Waals surface area contributed by atoms with Crippen molar-refractivity contribution in [1.29, 1.82) is 0 Å². The van der Waals surface area contributed by atoms with Crippen molar-refractivity contribution in [3.8, 4) is 0 Å². The summed E-state index contributed by atoms with van der Waals surface area (Å²) in [7, 11) is -0.391. The third-order valence-electron chi connectivity index (χ3n) is 7.98. The molecule has 2 aliphatic heterocycles. The zero-order valence-electron chi connectivity index (χ0n) is 16.4. The third-order valence-corrected chi connectivity index (χ3v) is 12.5. The molecule has 6 atom stereocenters. The topological polar surface area (TPSA) is 54.0 Å². The summed E-state index contributed by atoms with van der Waals surface area (Å²) in [5, 5.41) is 0.178. The Bertz CT molecular complexity index is 585. The number of ether oxygens (including phenoxy) is 3. The molecule has 0 unspecified atom stereocenters. The highest BCUT2D eigenvalue weighted by atomic mass is 28.4. The lowest BCUT2D eigenvalue weighted by Crippen LogP contribution is -2.78. The molecule has 5 nitrogen and oxygen atoms in total. The fraction of sp³-hybridized carbons (Fsp3) is 0.947. The van der Waals surface area contributed by atoms with Gasteiger partial charge in [-0.2, -0.15) is 0 Å². The second-order valence-electron chi connectivity index (χ2n) is 10.0. The average Bonchev–Trinajstić information content (AvgIpc) is 2.87. The molecule has 4 aliphatic rings. The second-order valence-corrected chi connectivity index (χ2v) is 14.8. The smallest absolute Gasteiger partial charge is 0.317 e. The van der Waals surface area contributed by atoms with Gasteiger partial charge >= 0.3 is 5.97 Å². The van der Waals surface area contributed by atoms with Crippen molar-refractivity contribution < 1.29 is 23.4 Å². The van der Waals surface area contributed by atoms with Crippen LogP contribution in [0.4, 0.5) is 0 Å². The lowest BCUT2D eigenvalue weighted by molar-refractivity contribution is -0.317. The molecule has 4 rings (SSSR count). The fourth-order valence-electron chi connectivity index (χ4n) is 5.74. The SMILES string of the molecule is COC(=O)[C@@]12CO[C@H]3C[C@H]1[C@@]1(CCO[C@H]12)C[C@H]3O[Si](C)(C)C(C)(C)C. The molecule has 2 bridgehead atoms. The van der Waals surface area contributed by atoms with Gasteiger partial charge < -0.3 is 18.6 Å². The first-order chi connectivity index (χ1) is 11.6. The Balaban J connectivity index is 1.62. The van der Waals surface area contributed by atoms with Gasteiger partial charge in [0.05, 0.1) is 32.0 Å². The minimum atomic E-state index is -1.87. The van der Waals surface area contributed by atoms with E-state index in [4.69, 9.17) is 18.6 Å². The molecule has 1 spiro atoms. The number of hydrogen-bond donors (Lipinski definition) is 0. The van der Waals surface area contributed by atoms with Gasteiger partial charge in [-0.05, 0) is 43.3 Å². The predicted molar refractivity (Wildman–Crippen MR) is 95.8 cm³/mol. The van der Waals surface area contributed by atoms with Gasteiger partial charge in [-0.3, -0.25) is 4.79 Å². The summed E-state index contributed by atoms with van der Waals surface area (Å²) in [6, 6.07) is 0. The molecule has 2 heterocycles. The van der Waals surface area contributed by atoms with Crippen LogP contribution in [-0.4, -0.2) is 52.9 Å². The first kappa shape index (κ1) is 18.0. The molecule has 4 fully saturated rings. The Morgan fingerprint density at radius 2 is 1.96 bits per heavy atom. The van der Waals surface area contributed by atoms with Crippen molar-refractivity contribution in [3.63, 3.8) is 0 Å². The molecule has 25 heavy (non-hydrogen) atoms. The van der Waals surface area contributed by atoms with E-state index in [9.17, 15) is 4.79 Å². The Morgan fingerprint density at radius 1 is 1.24 bits per heavy atom. The van der Waals surface area contributed by atoms with Crippen LogP contribution < -0.4 is 0 Å². The summed E-state index contributed by atoms with van der Waals surface area (Å²) in [5.74, 6) is 0.167. The number of rotatable bonds is 3. The van der Waals surface area contributed by atoms with Crippen LogP contribution >= 0.6 is 0 Å². The van der Waals surface area contributed by atoms with E-state index in [-0.39, 0.29) is 34.7 Å². The van der Waals surface area contributed by atoms with E-state index in [1.807, 2.05) is 0 Å². The zero-order chi connectivity index (χ0) is 18.3. The van der Waals surface area contributed by atoms with Gasteiger partial charge in [0.2, 0.25) is 0 Å². The van der Waals surface area contributed by atoms with Gasteiger partial charge in [-0.15, -0.1) is 0 Å². The van der Waals surface area contributed by atoms with Crippen LogP contribution in [0.3, 0.4) is 0 Å². The molecule has 2 saturated carbocycles. The Kier molecular flexibility index (Phi) is 3.81. The molecule has 0 N–H and O–H groups in total. The summed E-state index contributed by atoms with van der Waals surface area (Å²) in [6.45, 7) is 12.6. The predicted octanol–water partition coefficient (Wildman–Crippen LogP) is 3.13. The van der Waals surface area contributed by atoms with E-state index in [1.165, 1.54) is 7.11 Å². The number of carbonyl (C=O) groups excluding carboxylic acids is 1. The van der Waals surface area contributed by atoms with Crippen LogP contribution in [0.1, 0.15) is 40.0 Å². The van der Waals surface area contributed by atoms with Gasteiger partial charge in [0.25, 0.3) is 0 Å². The van der Waals surface area contributed by atoms with Crippen molar-refractivity contribution in [1.82, 2.24) is 0 Å². The molecule has 0 aromatic carbocycles. The van der Waals surface area contributed by atoms with E-state index in [0.717, 1.165) is 25.9 Å². The zero-order valence-corrected chi connectivity index (χ0v) is 17.4. The Labute approximate surface area is 151 Å². The molecular formula is C19H32O5Si. The number of methoxy groups -OCH3 is 1. The first-order valence-corrected chi connectivity index (χ1v) is 12.5. The molecule has 0 amide bonds. The summed E-state index contributed by atoms with van der Waals surface area (Å²) >= 11 is 0. The molecule has 0 aromatic heterocycles. The Hall–Kier alpha value is -0.433. The first-order valence-electron chi connectivity index (χ1n) is 9.58. The summed E-state index contributed by atoms with van der Waals surface area (Å²) < 4.78 is 24.2. The second kappa shape index (κ2) is 5.30. The van der Waals surface area contributed by atoms with E-state index in [0.29, 0.717) is 12.5 Å². The van der Waals surface area contributed by atoms with Crippen molar-refractivity contribution in [2.75, 3.05) is 20.3 Å². The molecule has 6 heteroatoms. The highest BCUT2D eigenvalue weighted by molar-refractivity contribution is 6.74. The number of carbonyl (C=O) groups is 1. The number of hydrogen-bond acceptors (Lipinski definition) is 5. The third kappa shape index (κ3) is 2.14. The highest BCUT2D eigenvalue weighted by Gasteiger charge is 2.80. The summed E-state index contributed by atoms with van der Waals surface area (Å²) in [5.41, 5.74) is -0.495. The van der Waals surface area contributed by atoms with Gasteiger partial charge in [-0.1, -0.05) is 20.8 Å². The maximum atomic E-state index is 12.6. The quantitative estimate of drug-likeness (QED) is 0.566. The van der Waals surface area contributed by atoms with Crippen LogP contribution in [0.5, 0.6) is 0 Å². The molecule has 0 radical (unpaired) electrons. The summed E-state index contributed by atoms with van der Waals surface area (Å²) in [4.78, 5) is 12.6. The van der Waals surface area contributed by atoms with Gasteiger partial charge in [0.1, 0.15) is 5.41 Å². The summed E-state index contributed by atoms with van der Waals surface area (Å²) in [6.07, 6.45) is 3.04. The minimum Gasteiger partial charge on any atom is -0.468 e. The van der Waals surface area contributed by atoms with E-state index in [1.54, 1.807) is 0 Å². The van der Waals surface area contributed by atoms with Crippen LogP contribution in [0.2, 0.25) is 18.1 Å². The molecular weight excluding hydrogens is 336 g/mol. The fourth-order valence-corrected chi connectivity index (χ4v) is 7.08. The highest BCUT2D eigenvalue weighted by Crippen LogP contribution is 2.73. The van der Waals surface area contributed by atoms with Crippen LogP contribution in [0.25, 0.3) is 0 Å². The standard InChI is InChI=1S/C19H32O5Si/c1-17(2,3)25(5,6)24-13-10-18-7-8-22-15(18)19(16(20)21-4)11-23-12(13)9-14(18)19/h12-15H,7-11H2,1-6H3/t12-,13+,14-,15+,18+,19-/m0/s1. The lowest BCUT2D eigenvalue weighted by atomic mass is 9.38. The lowest BCUT2D eigenvalue weighted by Gasteiger charge is -2.70. The molecule has 2 aliphatic carbocycles. The van der Waals surface area contributed by atoms with Gasteiger partial charge in [-0.25, -0.2) is 0 Å². The number of fused-ring (bicyclic) bond motifs is 2. The Morgan fingerprint density at radius 3 is 2.60 bits per heavy atom. The largest absolute Gasteiger partial charge is 0.468 e. The maximum absolute atomic E-state index is 12.6. The van der Waals surface area contributed by atoms with Crippen molar-refractivity contribution >= 4 is 14.3 Å². The molecule has 142 valence electrons. The van der Waals surface area contributed by atoms with Crippen LogP contribution in [-0.2, 0) is 23.4 Å². The van der Waals surface area contributed by atoms with Crippen LogP contribution in [0.15, 0.2) is 0 Å². The maximum Gasteiger partial charge on any atom is 0.317 e. The minimum absolute atomic E-state index is 0.0655. The van der Waals surface area contributed by atoms with Crippen LogP contribution in [0, 0.1) is 16.7 Å². The normalized spacial score (nSPS) is 45.5. The van der Waals surface area contributed by atoms with Crippen molar-refractivity contribution in [3.05, 3.63) is 0 Å². The average molecular weight is 369 g/mol.